The van der Waals surface area contributed by atoms with E-state index in [9.17, 15) is 14.4 Å². The number of Topliss-reactive ketones (excluding diaryl/α,β-unsaturated/α-hetero) is 1. The Morgan fingerprint density at radius 2 is 1.82 bits per heavy atom. The molecule has 0 aromatic heterocycles. The van der Waals surface area contributed by atoms with Crippen LogP contribution >= 0.6 is 11.6 Å². The standard InChI is InChI=1S/C26H21ClN2O4/c1-29-23-11-8-18(25(31)28-15-16-6-9-20(33-2)10-7-16)14-21(23)24(30)22(26(29)32)13-17-4-3-5-19(27)12-17/h3-14H,15H2,1-2H3,(H,28,31)/b22-13+. The predicted molar refractivity (Wildman–Crippen MR) is 128 cm³/mol. The Hall–Kier alpha value is -3.90. The number of halogens is 1. The van der Waals surface area contributed by atoms with Crippen LogP contribution in [-0.4, -0.2) is 31.8 Å². The molecular formula is C26H21ClN2O4. The van der Waals surface area contributed by atoms with Gasteiger partial charge in [0, 0.05) is 29.7 Å². The fraction of sp³-hybridized carbons (Fsp3) is 0.115. The summed E-state index contributed by atoms with van der Waals surface area (Å²) in [6.07, 6.45) is 1.52. The summed E-state index contributed by atoms with van der Waals surface area (Å²) in [4.78, 5) is 40.2. The molecule has 6 nitrogen and oxygen atoms in total. The van der Waals surface area contributed by atoms with Gasteiger partial charge >= 0.3 is 0 Å². The highest BCUT2D eigenvalue weighted by Gasteiger charge is 2.33. The number of methoxy groups -OCH3 is 1. The maximum absolute atomic E-state index is 13.2. The summed E-state index contributed by atoms with van der Waals surface area (Å²) in [5.74, 6) is -0.429. The van der Waals surface area contributed by atoms with E-state index in [4.69, 9.17) is 16.3 Å². The molecule has 33 heavy (non-hydrogen) atoms. The van der Waals surface area contributed by atoms with E-state index >= 15 is 0 Å². The molecule has 0 spiro atoms. The number of hydrogen-bond donors (Lipinski definition) is 1. The molecule has 0 radical (unpaired) electrons. The Morgan fingerprint density at radius 1 is 1.06 bits per heavy atom. The average Bonchev–Trinajstić information content (AvgIpc) is 2.83. The topological polar surface area (TPSA) is 75.7 Å². The summed E-state index contributed by atoms with van der Waals surface area (Å²) in [6, 6.07) is 19.0. The Balaban J connectivity index is 1.59. The molecule has 1 aliphatic rings. The van der Waals surface area contributed by atoms with E-state index in [1.807, 2.05) is 24.3 Å². The van der Waals surface area contributed by atoms with E-state index in [0.29, 0.717) is 33.9 Å². The van der Waals surface area contributed by atoms with Crippen molar-refractivity contribution in [2.45, 2.75) is 6.54 Å². The van der Waals surface area contributed by atoms with Crippen molar-refractivity contribution in [3.05, 3.63) is 99.6 Å². The molecule has 0 saturated carbocycles. The first-order valence-electron chi connectivity index (χ1n) is 10.2. The lowest BCUT2D eigenvalue weighted by Crippen LogP contribution is -2.37. The van der Waals surface area contributed by atoms with Crippen molar-refractivity contribution >= 4 is 41.0 Å². The van der Waals surface area contributed by atoms with Gasteiger partial charge in [-0.05, 0) is 59.7 Å². The van der Waals surface area contributed by atoms with E-state index in [-0.39, 0.29) is 11.5 Å². The number of benzene rings is 3. The highest BCUT2D eigenvalue weighted by atomic mass is 35.5. The SMILES string of the molecule is COc1ccc(CNC(=O)c2ccc3c(c2)C(=O)/C(=C\c2cccc(Cl)c2)C(=O)N3C)cc1. The summed E-state index contributed by atoms with van der Waals surface area (Å²) < 4.78 is 5.14. The molecule has 4 rings (SSSR count). The van der Waals surface area contributed by atoms with Crippen molar-refractivity contribution < 1.29 is 19.1 Å². The Labute approximate surface area is 196 Å². The Bertz CT molecular complexity index is 1280. The van der Waals surface area contributed by atoms with Crippen molar-refractivity contribution in [3.63, 3.8) is 0 Å². The summed E-state index contributed by atoms with van der Waals surface area (Å²) in [5.41, 5.74) is 2.66. The zero-order chi connectivity index (χ0) is 23.5. The number of fused-ring (bicyclic) bond motifs is 1. The van der Waals surface area contributed by atoms with Crippen LogP contribution in [0, 0.1) is 0 Å². The van der Waals surface area contributed by atoms with Crippen LogP contribution in [0.4, 0.5) is 5.69 Å². The van der Waals surface area contributed by atoms with Crippen molar-refractivity contribution in [2.75, 3.05) is 19.1 Å². The third-order valence-electron chi connectivity index (χ3n) is 5.42. The summed E-state index contributed by atoms with van der Waals surface area (Å²) in [5, 5.41) is 3.36. The lowest BCUT2D eigenvalue weighted by Gasteiger charge is -2.27. The lowest BCUT2D eigenvalue weighted by atomic mass is 9.92. The molecule has 1 aliphatic heterocycles. The van der Waals surface area contributed by atoms with Gasteiger partial charge < -0.3 is 15.0 Å². The van der Waals surface area contributed by atoms with E-state index in [1.54, 1.807) is 50.6 Å². The largest absolute Gasteiger partial charge is 0.497 e. The fourth-order valence-electron chi connectivity index (χ4n) is 3.60. The van der Waals surface area contributed by atoms with Crippen LogP contribution in [0.3, 0.4) is 0 Å². The first kappa shape index (κ1) is 22.3. The minimum Gasteiger partial charge on any atom is -0.497 e. The molecule has 1 heterocycles. The van der Waals surface area contributed by atoms with Crippen LogP contribution in [-0.2, 0) is 11.3 Å². The Morgan fingerprint density at radius 3 is 2.52 bits per heavy atom. The van der Waals surface area contributed by atoms with Crippen LogP contribution in [0.5, 0.6) is 5.75 Å². The van der Waals surface area contributed by atoms with Crippen LogP contribution in [0.1, 0.15) is 31.8 Å². The molecule has 0 atom stereocenters. The second kappa shape index (κ2) is 9.30. The highest BCUT2D eigenvalue weighted by Crippen LogP contribution is 2.31. The maximum Gasteiger partial charge on any atom is 0.262 e. The normalized spacial score (nSPS) is 14.3. The minimum atomic E-state index is -0.433. The molecule has 3 aromatic carbocycles. The van der Waals surface area contributed by atoms with Crippen molar-refractivity contribution in [1.82, 2.24) is 5.32 Å². The van der Waals surface area contributed by atoms with Gasteiger partial charge in [-0.15, -0.1) is 0 Å². The minimum absolute atomic E-state index is 0.0167. The predicted octanol–water partition coefficient (Wildman–Crippen LogP) is 4.52. The van der Waals surface area contributed by atoms with Crippen molar-refractivity contribution in [2.24, 2.45) is 0 Å². The molecule has 2 amide bonds. The molecule has 7 heteroatoms. The summed E-state index contributed by atoms with van der Waals surface area (Å²) in [6.45, 7) is 0.326. The first-order valence-corrected chi connectivity index (χ1v) is 10.6. The maximum atomic E-state index is 13.2. The molecule has 0 bridgehead atoms. The first-order chi connectivity index (χ1) is 15.9. The highest BCUT2D eigenvalue weighted by molar-refractivity contribution is 6.37. The summed E-state index contributed by atoms with van der Waals surface area (Å²) in [7, 11) is 3.19. The molecule has 0 saturated heterocycles. The van der Waals surface area contributed by atoms with Crippen molar-refractivity contribution in [1.29, 1.82) is 0 Å². The molecule has 0 unspecified atom stereocenters. The third-order valence-corrected chi connectivity index (χ3v) is 5.65. The number of ketones is 1. The number of nitrogens with one attached hydrogen (secondary N) is 1. The van der Waals surface area contributed by atoms with E-state index in [0.717, 1.165) is 11.3 Å². The van der Waals surface area contributed by atoms with Gasteiger partial charge in [0.25, 0.3) is 11.8 Å². The quantitative estimate of drug-likeness (QED) is 0.448. The van der Waals surface area contributed by atoms with Gasteiger partial charge in [0.05, 0.1) is 18.4 Å². The number of carbonyl (C=O) groups is 3. The number of rotatable bonds is 5. The third kappa shape index (κ3) is 4.66. The van der Waals surface area contributed by atoms with E-state index in [1.165, 1.54) is 17.0 Å². The monoisotopic (exact) mass is 460 g/mol. The number of amides is 2. The zero-order valence-electron chi connectivity index (χ0n) is 18.1. The van der Waals surface area contributed by atoms with E-state index in [2.05, 4.69) is 5.32 Å². The van der Waals surface area contributed by atoms with Crippen LogP contribution in [0.2, 0.25) is 5.02 Å². The van der Waals surface area contributed by atoms with Gasteiger partial charge in [0.2, 0.25) is 5.78 Å². The average molecular weight is 461 g/mol. The van der Waals surface area contributed by atoms with E-state index < -0.39 is 11.7 Å². The number of hydrogen-bond acceptors (Lipinski definition) is 4. The van der Waals surface area contributed by atoms with Gasteiger partial charge in [-0.2, -0.15) is 0 Å². The molecule has 1 N–H and O–H groups in total. The second-order valence-corrected chi connectivity index (χ2v) is 8.01. The van der Waals surface area contributed by atoms with Gasteiger partial charge in [0.1, 0.15) is 5.75 Å². The number of likely N-dealkylation sites (N-methyl/N-ethyl adjacent to an activating group) is 1. The van der Waals surface area contributed by atoms with Crippen LogP contribution in [0.25, 0.3) is 6.08 Å². The molecular weight excluding hydrogens is 440 g/mol. The smallest absolute Gasteiger partial charge is 0.262 e. The fourth-order valence-corrected chi connectivity index (χ4v) is 3.80. The number of carbonyl (C=O) groups excluding carboxylic acids is 3. The van der Waals surface area contributed by atoms with Crippen LogP contribution < -0.4 is 15.0 Å². The number of ether oxygens (including phenoxy) is 1. The van der Waals surface area contributed by atoms with Gasteiger partial charge in [-0.1, -0.05) is 35.9 Å². The molecule has 0 aliphatic carbocycles. The Kier molecular flexibility index (Phi) is 6.29. The van der Waals surface area contributed by atoms with Gasteiger partial charge in [0.15, 0.2) is 0 Å². The molecule has 0 fully saturated rings. The van der Waals surface area contributed by atoms with Gasteiger partial charge in [-0.3, -0.25) is 14.4 Å². The second-order valence-electron chi connectivity index (χ2n) is 7.57. The lowest BCUT2D eigenvalue weighted by molar-refractivity contribution is -0.114. The zero-order valence-corrected chi connectivity index (χ0v) is 18.8. The molecule has 3 aromatic rings. The van der Waals surface area contributed by atoms with Gasteiger partial charge in [-0.25, -0.2) is 0 Å². The summed E-state index contributed by atoms with van der Waals surface area (Å²) >= 11 is 6.03. The van der Waals surface area contributed by atoms with Crippen molar-refractivity contribution in [3.8, 4) is 5.75 Å². The number of nitrogens with zero attached hydrogens (tertiary/aromatic N) is 1. The van der Waals surface area contributed by atoms with Crippen LogP contribution in [0.15, 0.2) is 72.3 Å². The molecule has 166 valence electrons. The number of anilines is 1.